The Hall–Kier alpha value is -1.42. The molecule has 0 aliphatic heterocycles. The lowest BCUT2D eigenvalue weighted by Gasteiger charge is -2.07. The van der Waals surface area contributed by atoms with Crippen LogP contribution in [0.5, 0.6) is 0 Å². The van der Waals surface area contributed by atoms with Crippen LogP contribution in [0, 0.1) is 0 Å². The molecule has 0 spiro atoms. The molecule has 0 aliphatic rings. The summed E-state index contributed by atoms with van der Waals surface area (Å²) < 4.78 is 1.69. The number of tetrazole rings is 1. The number of para-hydroxylation sites is 1. The predicted molar refractivity (Wildman–Crippen MR) is 58.1 cm³/mol. The van der Waals surface area contributed by atoms with Crippen LogP contribution in [0.3, 0.4) is 0 Å². The second kappa shape index (κ2) is 4.40. The molecule has 0 radical (unpaired) electrons. The maximum Gasteiger partial charge on any atom is 0.171 e. The molecule has 0 bridgehead atoms. The summed E-state index contributed by atoms with van der Waals surface area (Å²) in [5, 5.41) is 11.4. The van der Waals surface area contributed by atoms with Crippen molar-refractivity contribution in [2.24, 2.45) is 0 Å². The Balaban J connectivity index is 2.53. The number of rotatable bonds is 3. The van der Waals surface area contributed by atoms with Crippen molar-refractivity contribution in [2.45, 2.75) is 19.2 Å². The number of alkyl halides is 1. The number of aryl methyl sites for hydroxylation is 1. The molecular weight excluding hydrogens is 212 g/mol. The molecule has 1 heterocycles. The van der Waals surface area contributed by atoms with Gasteiger partial charge in [0, 0.05) is 0 Å². The first-order chi connectivity index (χ1) is 7.36. The normalized spacial score (nSPS) is 10.5. The summed E-state index contributed by atoms with van der Waals surface area (Å²) in [5.41, 5.74) is 2.21. The maximum atomic E-state index is 5.76. The fourth-order valence-corrected chi connectivity index (χ4v) is 1.66. The fraction of sp³-hybridized carbons (Fsp3) is 0.300. The topological polar surface area (TPSA) is 43.6 Å². The molecule has 0 unspecified atom stereocenters. The van der Waals surface area contributed by atoms with Gasteiger partial charge in [-0.15, -0.1) is 16.7 Å². The number of aromatic nitrogens is 4. The van der Waals surface area contributed by atoms with Crippen molar-refractivity contribution >= 4 is 11.6 Å². The quantitative estimate of drug-likeness (QED) is 0.746. The molecular formula is C10H11ClN4. The van der Waals surface area contributed by atoms with E-state index >= 15 is 0 Å². The van der Waals surface area contributed by atoms with Crippen LogP contribution < -0.4 is 0 Å². The lowest BCUT2D eigenvalue weighted by Crippen LogP contribution is -2.04. The summed E-state index contributed by atoms with van der Waals surface area (Å²) in [6.45, 7) is 2.10. The molecule has 0 aliphatic carbocycles. The van der Waals surface area contributed by atoms with Gasteiger partial charge in [0.05, 0.1) is 11.6 Å². The summed E-state index contributed by atoms with van der Waals surface area (Å²) in [4.78, 5) is 0. The average molecular weight is 223 g/mol. The first-order valence-electron chi connectivity index (χ1n) is 4.78. The van der Waals surface area contributed by atoms with Crippen LogP contribution >= 0.6 is 11.6 Å². The number of halogens is 1. The van der Waals surface area contributed by atoms with E-state index in [4.69, 9.17) is 11.6 Å². The van der Waals surface area contributed by atoms with E-state index in [0.717, 1.165) is 12.1 Å². The summed E-state index contributed by atoms with van der Waals surface area (Å²) in [6.07, 6.45) is 0.942. The minimum atomic E-state index is 0.311. The monoisotopic (exact) mass is 222 g/mol. The van der Waals surface area contributed by atoms with E-state index in [1.54, 1.807) is 4.68 Å². The van der Waals surface area contributed by atoms with E-state index in [0.29, 0.717) is 11.7 Å². The van der Waals surface area contributed by atoms with Gasteiger partial charge < -0.3 is 0 Å². The predicted octanol–water partition coefficient (Wildman–Crippen LogP) is 1.96. The molecule has 1 aromatic heterocycles. The van der Waals surface area contributed by atoms with Crippen molar-refractivity contribution in [3.63, 3.8) is 0 Å². The van der Waals surface area contributed by atoms with E-state index < -0.39 is 0 Å². The van der Waals surface area contributed by atoms with Gasteiger partial charge in [0.2, 0.25) is 0 Å². The van der Waals surface area contributed by atoms with E-state index in [9.17, 15) is 0 Å². The molecule has 5 heteroatoms. The van der Waals surface area contributed by atoms with E-state index in [-0.39, 0.29) is 0 Å². The highest BCUT2D eigenvalue weighted by atomic mass is 35.5. The molecule has 0 atom stereocenters. The van der Waals surface area contributed by atoms with Crippen molar-refractivity contribution in [3.05, 3.63) is 35.7 Å². The molecule has 1 aromatic carbocycles. The second-order valence-corrected chi connectivity index (χ2v) is 3.39. The van der Waals surface area contributed by atoms with Crippen LogP contribution in [0.2, 0.25) is 0 Å². The van der Waals surface area contributed by atoms with Gasteiger partial charge >= 0.3 is 0 Å². The Labute approximate surface area is 92.9 Å². The first-order valence-corrected chi connectivity index (χ1v) is 5.31. The Bertz CT molecular complexity index is 452. The Morgan fingerprint density at radius 3 is 2.87 bits per heavy atom. The molecule has 78 valence electrons. The maximum absolute atomic E-state index is 5.76. The summed E-state index contributed by atoms with van der Waals surface area (Å²) in [5.74, 6) is 0.975. The van der Waals surface area contributed by atoms with Gasteiger partial charge in [-0.1, -0.05) is 25.1 Å². The highest BCUT2D eigenvalue weighted by Crippen LogP contribution is 2.15. The number of hydrogen-bond donors (Lipinski definition) is 0. The summed E-state index contributed by atoms with van der Waals surface area (Å²) in [6, 6.07) is 8.03. The van der Waals surface area contributed by atoms with Crippen molar-refractivity contribution < 1.29 is 0 Å². The van der Waals surface area contributed by atoms with Crippen molar-refractivity contribution in [1.29, 1.82) is 0 Å². The van der Waals surface area contributed by atoms with Crippen LogP contribution in [0.25, 0.3) is 5.69 Å². The minimum absolute atomic E-state index is 0.311. The molecule has 0 saturated carbocycles. The third-order valence-electron chi connectivity index (χ3n) is 2.25. The van der Waals surface area contributed by atoms with Gasteiger partial charge in [-0.05, 0) is 28.5 Å². The van der Waals surface area contributed by atoms with Crippen molar-refractivity contribution in [2.75, 3.05) is 0 Å². The molecule has 0 N–H and O–H groups in total. The Morgan fingerprint density at radius 2 is 2.13 bits per heavy atom. The standard InChI is InChI=1S/C10H11ClN4/c1-2-8-5-3-4-6-9(8)15-10(7-11)12-13-14-15/h3-6H,2,7H2,1H3. The van der Waals surface area contributed by atoms with Gasteiger partial charge in [-0.25, -0.2) is 0 Å². The van der Waals surface area contributed by atoms with Gasteiger partial charge in [0.1, 0.15) is 0 Å². The molecule has 2 aromatic rings. The molecule has 4 nitrogen and oxygen atoms in total. The molecule has 0 amide bonds. The van der Waals surface area contributed by atoms with Crippen molar-refractivity contribution in [1.82, 2.24) is 20.2 Å². The smallest absolute Gasteiger partial charge is 0.171 e. The van der Waals surface area contributed by atoms with Crippen LogP contribution in [-0.2, 0) is 12.3 Å². The van der Waals surface area contributed by atoms with Crippen LogP contribution in [0.15, 0.2) is 24.3 Å². The van der Waals surface area contributed by atoms with Crippen LogP contribution in [-0.4, -0.2) is 20.2 Å². The highest BCUT2D eigenvalue weighted by Gasteiger charge is 2.09. The third kappa shape index (κ3) is 1.85. The summed E-state index contributed by atoms with van der Waals surface area (Å²) in [7, 11) is 0. The zero-order valence-corrected chi connectivity index (χ0v) is 9.15. The SMILES string of the molecule is CCc1ccccc1-n1nnnc1CCl. The van der Waals surface area contributed by atoms with Gasteiger partial charge in [-0.2, -0.15) is 4.68 Å². The third-order valence-corrected chi connectivity index (χ3v) is 2.49. The number of nitrogens with zero attached hydrogens (tertiary/aromatic N) is 4. The first kappa shape index (κ1) is 10.1. The average Bonchev–Trinajstić information content (AvgIpc) is 2.76. The highest BCUT2D eigenvalue weighted by molar-refractivity contribution is 6.16. The lowest BCUT2D eigenvalue weighted by atomic mass is 10.1. The fourth-order valence-electron chi connectivity index (χ4n) is 1.49. The van der Waals surface area contributed by atoms with E-state index in [1.165, 1.54) is 5.56 Å². The summed E-state index contributed by atoms with van der Waals surface area (Å²) >= 11 is 5.76. The van der Waals surface area contributed by atoms with E-state index in [2.05, 4.69) is 28.5 Å². The van der Waals surface area contributed by atoms with Gasteiger partial charge in [-0.3, -0.25) is 0 Å². The molecule has 15 heavy (non-hydrogen) atoms. The Kier molecular flexibility index (Phi) is 2.97. The minimum Gasteiger partial charge on any atom is -0.196 e. The zero-order chi connectivity index (χ0) is 10.7. The second-order valence-electron chi connectivity index (χ2n) is 3.12. The van der Waals surface area contributed by atoms with Crippen LogP contribution in [0.1, 0.15) is 18.3 Å². The Morgan fingerprint density at radius 1 is 1.33 bits per heavy atom. The molecule has 2 rings (SSSR count). The van der Waals surface area contributed by atoms with Crippen molar-refractivity contribution in [3.8, 4) is 5.69 Å². The van der Waals surface area contributed by atoms with Gasteiger partial charge in [0.25, 0.3) is 0 Å². The molecule has 0 fully saturated rings. The number of hydrogen-bond acceptors (Lipinski definition) is 3. The zero-order valence-electron chi connectivity index (χ0n) is 8.39. The van der Waals surface area contributed by atoms with E-state index in [1.807, 2.05) is 18.2 Å². The lowest BCUT2D eigenvalue weighted by molar-refractivity contribution is 0.769. The van der Waals surface area contributed by atoms with Gasteiger partial charge in [0.15, 0.2) is 5.82 Å². The molecule has 0 saturated heterocycles. The largest absolute Gasteiger partial charge is 0.196 e. The van der Waals surface area contributed by atoms with Crippen LogP contribution in [0.4, 0.5) is 0 Å². The number of benzene rings is 1.